The van der Waals surface area contributed by atoms with Gasteiger partial charge in [0.05, 0.1) is 17.6 Å². The molecule has 2 aliphatic heterocycles. The lowest BCUT2D eigenvalue weighted by atomic mass is 9.88. The van der Waals surface area contributed by atoms with E-state index in [0.717, 1.165) is 31.2 Å². The molecule has 1 aromatic rings. The summed E-state index contributed by atoms with van der Waals surface area (Å²) in [4.78, 5) is 34.3. The number of nitro groups is 1. The molecule has 1 aromatic carbocycles. The van der Waals surface area contributed by atoms with Gasteiger partial charge >= 0.3 is 11.8 Å². The van der Waals surface area contributed by atoms with Gasteiger partial charge in [-0.3, -0.25) is 14.9 Å². The molecule has 0 aromatic heterocycles. The van der Waals surface area contributed by atoms with Crippen molar-refractivity contribution >= 4 is 17.6 Å². The molecule has 0 unspecified atom stereocenters. The molecule has 2 aliphatic rings. The summed E-state index contributed by atoms with van der Waals surface area (Å²) in [6, 6.07) is 3.25. The average molecular weight is 428 g/mol. The summed E-state index contributed by atoms with van der Waals surface area (Å²) >= 11 is 0. The van der Waals surface area contributed by atoms with Crippen LogP contribution in [0.15, 0.2) is 24.3 Å². The molecule has 30 heavy (non-hydrogen) atoms. The van der Waals surface area contributed by atoms with E-state index in [0.29, 0.717) is 0 Å². The molecule has 0 aliphatic carbocycles. The van der Waals surface area contributed by atoms with Crippen molar-refractivity contribution in [3.63, 3.8) is 0 Å². The molecule has 0 saturated carbocycles. The predicted octanol–water partition coefficient (Wildman–Crippen LogP) is -2.43. The summed E-state index contributed by atoms with van der Waals surface area (Å²) in [5, 5.41) is 53.2. The molecule has 3 rings (SSSR count). The van der Waals surface area contributed by atoms with Gasteiger partial charge in [0.25, 0.3) is 5.69 Å². The third-order valence-electron chi connectivity index (χ3n) is 4.85. The van der Waals surface area contributed by atoms with Crippen LogP contribution in [-0.2, 0) is 19.1 Å². The third kappa shape index (κ3) is 3.68. The zero-order chi connectivity index (χ0) is 22.2. The minimum absolute atomic E-state index is 0.0915. The number of esters is 1. The first-order valence-electron chi connectivity index (χ1n) is 8.85. The van der Waals surface area contributed by atoms with E-state index in [1.165, 1.54) is 0 Å². The van der Waals surface area contributed by atoms with Crippen molar-refractivity contribution in [2.24, 2.45) is 0 Å². The van der Waals surface area contributed by atoms with E-state index in [9.17, 15) is 35.0 Å². The van der Waals surface area contributed by atoms with Crippen LogP contribution < -0.4 is 10.1 Å². The molecular weight excluding hydrogens is 408 g/mol. The number of hydrogen-bond acceptors (Lipinski definition) is 11. The second kappa shape index (κ2) is 8.12. The highest BCUT2D eigenvalue weighted by Gasteiger charge is 2.70. The zero-order valence-corrected chi connectivity index (χ0v) is 15.6. The van der Waals surface area contributed by atoms with Crippen molar-refractivity contribution in [2.45, 2.75) is 49.3 Å². The Labute approximate surface area is 168 Å². The number of ether oxygens (including phenoxy) is 3. The first kappa shape index (κ1) is 21.9. The fourth-order valence-electron chi connectivity index (χ4n) is 3.40. The number of fused-ring (bicyclic) bond motifs is 2. The Kier molecular flexibility index (Phi) is 5.92. The topological polar surface area (TPSA) is 198 Å². The van der Waals surface area contributed by atoms with E-state index >= 15 is 0 Å². The molecule has 1 amide bonds. The number of non-ortho nitro benzene ring substituents is 1. The Morgan fingerprint density at radius 2 is 2.00 bits per heavy atom. The van der Waals surface area contributed by atoms with Gasteiger partial charge in [0.2, 0.25) is 5.91 Å². The maximum Gasteiger partial charge on any atom is 0.383 e. The van der Waals surface area contributed by atoms with Crippen LogP contribution in [0.5, 0.6) is 5.75 Å². The van der Waals surface area contributed by atoms with Crippen LogP contribution >= 0.6 is 0 Å². The van der Waals surface area contributed by atoms with E-state index in [-0.39, 0.29) is 11.4 Å². The fourth-order valence-corrected chi connectivity index (χ4v) is 3.40. The Morgan fingerprint density at radius 1 is 1.37 bits per heavy atom. The Morgan fingerprint density at radius 3 is 2.53 bits per heavy atom. The van der Waals surface area contributed by atoms with Gasteiger partial charge in [-0.05, 0) is 12.1 Å². The molecular formula is C17H20N2O11. The lowest BCUT2D eigenvalue weighted by molar-refractivity contribution is -0.384. The van der Waals surface area contributed by atoms with E-state index in [1.807, 2.05) is 0 Å². The zero-order valence-electron chi connectivity index (χ0n) is 15.6. The van der Waals surface area contributed by atoms with Crippen LogP contribution in [-0.4, -0.2) is 86.2 Å². The van der Waals surface area contributed by atoms with Crippen LogP contribution in [0.25, 0.3) is 0 Å². The normalized spacial score (nSPS) is 32.1. The molecule has 2 bridgehead atoms. The number of hydrogen-bond donors (Lipinski definition) is 5. The van der Waals surface area contributed by atoms with Crippen molar-refractivity contribution in [1.29, 1.82) is 0 Å². The molecule has 0 spiro atoms. The number of nitro benzene ring substituents is 1. The third-order valence-corrected chi connectivity index (χ3v) is 4.85. The first-order chi connectivity index (χ1) is 14.1. The molecule has 164 valence electrons. The Bertz CT molecular complexity index is 831. The van der Waals surface area contributed by atoms with Crippen molar-refractivity contribution in [1.82, 2.24) is 5.32 Å². The fraction of sp³-hybridized carbons (Fsp3) is 0.529. The van der Waals surface area contributed by atoms with Gasteiger partial charge in [-0.2, -0.15) is 0 Å². The highest BCUT2D eigenvalue weighted by molar-refractivity contribution is 5.83. The number of aliphatic hydroxyl groups is 4. The number of carbonyl (C=O) groups is 2. The van der Waals surface area contributed by atoms with Gasteiger partial charge in [-0.15, -0.1) is 0 Å². The molecule has 2 heterocycles. The highest BCUT2D eigenvalue weighted by Crippen LogP contribution is 2.42. The molecule has 5 N–H and O–H groups in total. The van der Waals surface area contributed by atoms with Crippen molar-refractivity contribution in [3.05, 3.63) is 34.4 Å². The number of nitrogens with zero attached hydrogens (tertiary/aromatic N) is 1. The van der Waals surface area contributed by atoms with E-state index in [2.05, 4.69) is 5.32 Å². The Balaban J connectivity index is 1.96. The summed E-state index contributed by atoms with van der Waals surface area (Å²) in [7, 11) is 0. The second-order valence-corrected chi connectivity index (χ2v) is 6.88. The number of nitrogens with one attached hydrogen (secondary N) is 1. The van der Waals surface area contributed by atoms with Crippen molar-refractivity contribution in [2.75, 3.05) is 6.61 Å². The number of amides is 1. The van der Waals surface area contributed by atoms with Gasteiger partial charge in [-0.25, -0.2) is 4.79 Å². The van der Waals surface area contributed by atoms with Crippen LogP contribution in [0.1, 0.15) is 6.92 Å². The van der Waals surface area contributed by atoms with Crippen LogP contribution in [0.4, 0.5) is 5.69 Å². The SMILES string of the molecule is CC(=O)N[C@H]1[C@H]([C@H](O)[C@H](O)CO)O[C@@]2(Oc3ccc([N+](=O)[O-])cc3)C(=O)O[C@@H]1[C@H]2O. The minimum Gasteiger partial charge on any atom is -0.452 e. The van der Waals surface area contributed by atoms with Gasteiger partial charge in [0.1, 0.15) is 24.1 Å². The van der Waals surface area contributed by atoms with E-state index in [4.69, 9.17) is 19.3 Å². The van der Waals surface area contributed by atoms with Gasteiger partial charge in [0, 0.05) is 19.1 Å². The first-order valence-corrected chi connectivity index (χ1v) is 8.85. The lowest BCUT2D eigenvalue weighted by Crippen LogP contribution is -2.70. The second-order valence-electron chi connectivity index (χ2n) is 6.88. The summed E-state index contributed by atoms with van der Waals surface area (Å²) in [5.74, 6) is -4.33. The molecule has 7 atom stereocenters. The lowest BCUT2D eigenvalue weighted by Gasteiger charge is -2.44. The van der Waals surface area contributed by atoms with Gasteiger partial charge < -0.3 is 40.0 Å². The summed E-state index contributed by atoms with van der Waals surface area (Å²) in [6.07, 6.45) is -8.18. The number of benzene rings is 1. The maximum atomic E-state index is 12.6. The number of aliphatic hydroxyl groups excluding tert-OH is 4. The van der Waals surface area contributed by atoms with Gasteiger partial charge in [-0.1, -0.05) is 0 Å². The Hall–Kier alpha value is -2.84. The molecule has 0 radical (unpaired) electrons. The monoisotopic (exact) mass is 428 g/mol. The molecule has 13 nitrogen and oxygen atoms in total. The molecule has 2 fully saturated rings. The average Bonchev–Trinajstić information content (AvgIpc) is 2.86. The molecule has 13 heteroatoms. The smallest absolute Gasteiger partial charge is 0.383 e. The van der Waals surface area contributed by atoms with Gasteiger partial charge in [0.15, 0.2) is 12.2 Å². The van der Waals surface area contributed by atoms with Crippen LogP contribution in [0.3, 0.4) is 0 Å². The standard InChI is InChI=1S/C17H20N2O11/c1-7(21)18-11-13(12(23)10(22)6-20)30-17(15(24)14(11)28-16(17)25)29-9-4-2-8(3-5-9)19(26)27/h2-5,10-15,20,22-24H,6H2,1H3,(H,18,21)/t10-,11+,12-,13-,14+,15-,17-/m1/s1. The summed E-state index contributed by atoms with van der Waals surface area (Å²) in [6.45, 7) is 0.288. The van der Waals surface area contributed by atoms with E-state index in [1.54, 1.807) is 0 Å². The highest BCUT2D eigenvalue weighted by atomic mass is 16.8. The summed E-state index contributed by atoms with van der Waals surface area (Å²) < 4.78 is 16.2. The maximum absolute atomic E-state index is 12.6. The number of carbonyl (C=O) groups excluding carboxylic acids is 2. The van der Waals surface area contributed by atoms with E-state index < -0.39 is 65.8 Å². The number of rotatable bonds is 7. The minimum atomic E-state index is -2.48. The predicted molar refractivity (Wildman–Crippen MR) is 93.9 cm³/mol. The largest absolute Gasteiger partial charge is 0.452 e. The molecule has 2 saturated heterocycles. The quantitative estimate of drug-likeness (QED) is 0.176. The summed E-state index contributed by atoms with van der Waals surface area (Å²) in [5.41, 5.74) is -0.248. The van der Waals surface area contributed by atoms with Crippen LogP contribution in [0, 0.1) is 10.1 Å². The van der Waals surface area contributed by atoms with Crippen LogP contribution in [0.2, 0.25) is 0 Å². The van der Waals surface area contributed by atoms with Crippen molar-refractivity contribution < 1.29 is 49.1 Å². The van der Waals surface area contributed by atoms with Crippen molar-refractivity contribution in [3.8, 4) is 5.75 Å².